The number of carbonyl (C=O) groups excluding carboxylic acids is 2. The molecule has 0 unspecified atom stereocenters. The van der Waals surface area contributed by atoms with Gasteiger partial charge in [0.25, 0.3) is 11.8 Å². The lowest BCUT2D eigenvalue weighted by Gasteiger charge is -2.09. The summed E-state index contributed by atoms with van der Waals surface area (Å²) >= 11 is 0. The van der Waals surface area contributed by atoms with Gasteiger partial charge in [0.15, 0.2) is 6.61 Å². The molecule has 0 saturated carbocycles. The number of hydrogen-bond acceptors (Lipinski definition) is 4. The van der Waals surface area contributed by atoms with E-state index in [0.717, 1.165) is 29.3 Å². The third-order valence-electron chi connectivity index (χ3n) is 4.54. The number of nitrogens with one attached hydrogen (secondary N) is 2. The molecule has 0 fully saturated rings. The molecule has 0 aromatic heterocycles. The minimum atomic E-state index is -4.48. The van der Waals surface area contributed by atoms with Crippen LogP contribution in [0.2, 0.25) is 0 Å². The monoisotopic (exact) mass is 465 g/mol. The summed E-state index contributed by atoms with van der Waals surface area (Å²) in [6, 6.07) is 20.6. The molecule has 0 spiro atoms. The second kappa shape index (κ2) is 10.8. The highest BCUT2D eigenvalue weighted by molar-refractivity contribution is 5.93. The van der Waals surface area contributed by atoms with Gasteiger partial charge in [0.1, 0.15) is 5.75 Å². The molecule has 34 heavy (non-hydrogen) atoms. The summed E-state index contributed by atoms with van der Waals surface area (Å²) in [7, 11) is 0. The molecule has 172 valence electrons. The first-order valence-corrected chi connectivity index (χ1v) is 9.92. The fourth-order valence-electron chi connectivity index (χ4n) is 2.83. The summed E-state index contributed by atoms with van der Waals surface area (Å²) in [4.78, 5) is 23.7. The normalized spacial score (nSPS) is 11.0. The third-order valence-corrected chi connectivity index (χ3v) is 4.54. The number of hydrogen-bond donors (Lipinski definition) is 2. The molecule has 0 atom stereocenters. The zero-order valence-corrected chi connectivity index (χ0v) is 17.6. The summed E-state index contributed by atoms with van der Waals surface area (Å²) in [6.45, 7) is -0.367. The Bertz CT molecular complexity index is 1230. The van der Waals surface area contributed by atoms with Gasteiger partial charge >= 0.3 is 6.18 Å². The highest BCUT2D eigenvalue weighted by atomic mass is 19.4. The van der Waals surface area contributed by atoms with Gasteiger partial charge in [-0.05, 0) is 59.2 Å². The van der Waals surface area contributed by atoms with Crippen molar-refractivity contribution in [2.75, 3.05) is 6.61 Å². The first-order chi connectivity index (χ1) is 16.2. The maximum absolute atomic E-state index is 12.7. The minimum Gasteiger partial charge on any atom is -0.484 e. The number of amides is 2. The summed E-state index contributed by atoms with van der Waals surface area (Å²) in [6.07, 6.45) is -2.29. The van der Waals surface area contributed by atoms with Crippen LogP contribution in [0.5, 0.6) is 5.75 Å². The number of benzene rings is 3. The van der Waals surface area contributed by atoms with Crippen LogP contribution in [-0.4, -0.2) is 18.4 Å². The highest BCUT2D eigenvalue weighted by Gasteiger charge is 2.30. The van der Waals surface area contributed by atoms with Crippen molar-refractivity contribution in [3.05, 3.63) is 95.6 Å². The van der Waals surface area contributed by atoms with Gasteiger partial charge in [-0.3, -0.25) is 20.4 Å². The fraction of sp³-hybridized carbons (Fsp3) is 0.0800. The Balaban J connectivity index is 1.45. The van der Waals surface area contributed by atoms with Crippen molar-refractivity contribution < 1.29 is 27.5 Å². The van der Waals surface area contributed by atoms with E-state index in [-0.39, 0.29) is 12.2 Å². The van der Waals surface area contributed by atoms with Crippen molar-refractivity contribution in [1.82, 2.24) is 10.9 Å². The molecule has 0 bridgehead atoms. The van der Waals surface area contributed by atoms with Crippen LogP contribution in [0.3, 0.4) is 0 Å². The number of carbonyl (C=O) groups is 2. The van der Waals surface area contributed by atoms with Crippen molar-refractivity contribution in [2.24, 2.45) is 0 Å². The number of halogens is 3. The van der Waals surface area contributed by atoms with Crippen LogP contribution in [0.15, 0.2) is 78.9 Å². The average molecular weight is 465 g/mol. The van der Waals surface area contributed by atoms with Crippen molar-refractivity contribution >= 4 is 17.9 Å². The molecule has 2 amide bonds. The predicted molar refractivity (Wildman–Crippen MR) is 119 cm³/mol. The summed E-state index contributed by atoms with van der Waals surface area (Å²) in [5.41, 5.74) is 6.02. The van der Waals surface area contributed by atoms with E-state index in [2.05, 4.69) is 16.9 Å². The Kier molecular flexibility index (Phi) is 7.67. The quantitative estimate of drug-likeness (QED) is 0.415. The molecule has 3 rings (SSSR count). The van der Waals surface area contributed by atoms with E-state index in [9.17, 15) is 22.8 Å². The Labute approximate surface area is 193 Å². The van der Waals surface area contributed by atoms with Crippen LogP contribution in [0.4, 0.5) is 13.2 Å². The maximum atomic E-state index is 12.7. The molecule has 2 N–H and O–H groups in total. The molecular weight excluding hydrogens is 447 g/mol. The predicted octanol–water partition coefficient (Wildman–Crippen LogP) is 4.48. The second-order valence-electron chi connectivity index (χ2n) is 7.00. The topological polar surface area (TPSA) is 91.2 Å². The van der Waals surface area contributed by atoms with Gasteiger partial charge in [0.05, 0.1) is 17.2 Å². The maximum Gasteiger partial charge on any atom is 0.416 e. The van der Waals surface area contributed by atoms with Crippen LogP contribution < -0.4 is 15.6 Å². The lowest BCUT2D eigenvalue weighted by Crippen LogP contribution is -2.43. The van der Waals surface area contributed by atoms with Gasteiger partial charge in [0.2, 0.25) is 0 Å². The van der Waals surface area contributed by atoms with E-state index in [0.29, 0.717) is 11.3 Å². The number of nitriles is 1. The van der Waals surface area contributed by atoms with Gasteiger partial charge in [0, 0.05) is 6.08 Å². The number of hydrazine groups is 1. The summed E-state index contributed by atoms with van der Waals surface area (Å²) in [5, 5.41) is 8.86. The van der Waals surface area contributed by atoms with E-state index >= 15 is 0 Å². The molecule has 6 nitrogen and oxygen atoms in total. The molecule has 0 aliphatic heterocycles. The molecule has 0 aliphatic rings. The molecule has 0 saturated heterocycles. The van der Waals surface area contributed by atoms with Crippen LogP contribution in [0, 0.1) is 11.3 Å². The van der Waals surface area contributed by atoms with Crippen molar-refractivity contribution in [2.45, 2.75) is 6.18 Å². The Hall–Kier alpha value is -4.58. The van der Waals surface area contributed by atoms with Gasteiger partial charge in [-0.2, -0.15) is 18.4 Å². The van der Waals surface area contributed by atoms with E-state index in [1.165, 1.54) is 18.2 Å². The van der Waals surface area contributed by atoms with Gasteiger partial charge in [-0.25, -0.2) is 0 Å². The molecule has 3 aromatic carbocycles. The number of ether oxygens (including phenoxy) is 1. The molecule has 3 aromatic rings. The highest BCUT2D eigenvalue weighted by Crippen LogP contribution is 2.29. The lowest BCUT2D eigenvalue weighted by molar-refractivity contribution is -0.137. The minimum absolute atomic E-state index is 0.184. The number of alkyl halides is 3. The average Bonchev–Trinajstić information content (AvgIpc) is 2.85. The zero-order chi connectivity index (χ0) is 24.6. The molecule has 0 aliphatic carbocycles. The molecule has 9 heteroatoms. The first-order valence-electron chi connectivity index (χ1n) is 9.92. The van der Waals surface area contributed by atoms with Gasteiger partial charge in [-0.15, -0.1) is 0 Å². The smallest absolute Gasteiger partial charge is 0.416 e. The summed E-state index contributed by atoms with van der Waals surface area (Å²) < 4.78 is 43.5. The fourth-order valence-corrected chi connectivity index (χ4v) is 2.83. The van der Waals surface area contributed by atoms with Crippen LogP contribution in [0.25, 0.3) is 17.2 Å². The van der Waals surface area contributed by atoms with E-state index < -0.39 is 23.6 Å². The van der Waals surface area contributed by atoms with Crippen LogP contribution in [-0.2, 0) is 15.8 Å². The standard InChI is InChI=1S/C25H18F3N3O3/c26-25(27,28)21-3-1-2-17(14-21)6-13-23(32)30-31-24(33)16-34-22-11-9-20(10-12-22)19-7-4-18(15-29)5-8-19/h1-14H,16H2,(H,30,32)(H,31,33)/b13-6+. The Morgan fingerprint density at radius 1 is 0.941 bits per heavy atom. The molecular formula is C25H18F3N3O3. The third kappa shape index (κ3) is 6.97. The number of nitrogens with zero attached hydrogens (tertiary/aromatic N) is 1. The zero-order valence-electron chi connectivity index (χ0n) is 17.6. The van der Waals surface area contributed by atoms with Crippen LogP contribution >= 0.6 is 0 Å². The van der Waals surface area contributed by atoms with Crippen molar-refractivity contribution in [3.63, 3.8) is 0 Å². The van der Waals surface area contributed by atoms with E-state index in [1.54, 1.807) is 36.4 Å². The van der Waals surface area contributed by atoms with E-state index in [4.69, 9.17) is 10.00 Å². The molecule has 0 radical (unpaired) electrons. The Morgan fingerprint density at radius 3 is 2.21 bits per heavy atom. The largest absolute Gasteiger partial charge is 0.484 e. The SMILES string of the molecule is N#Cc1ccc(-c2ccc(OCC(=O)NNC(=O)/C=C/c3cccc(C(F)(F)F)c3)cc2)cc1. The first kappa shape index (κ1) is 24.1. The number of rotatable bonds is 6. The van der Waals surface area contributed by atoms with Crippen LogP contribution in [0.1, 0.15) is 16.7 Å². The lowest BCUT2D eigenvalue weighted by atomic mass is 10.0. The van der Waals surface area contributed by atoms with Crippen molar-refractivity contribution in [3.8, 4) is 22.9 Å². The second-order valence-corrected chi connectivity index (χ2v) is 7.00. The van der Waals surface area contributed by atoms with E-state index in [1.807, 2.05) is 12.1 Å². The Morgan fingerprint density at radius 2 is 1.59 bits per heavy atom. The molecule has 0 heterocycles. The van der Waals surface area contributed by atoms with Gasteiger partial charge in [-0.1, -0.05) is 36.4 Å². The van der Waals surface area contributed by atoms with Gasteiger partial charge < -0.3 is 4.74 Å². The van der Waals surface area contributed by atoms with Crippen molar-refractivity contribution in [1.29, 1.82) is 5.26 Å². The summed E-state index contributed by atoms with van der Waals surface area (Å²) in [5.74, 6) is -0.919.